The molecule has 0 aliphatic heterocycles. The first kappa shape index (κ1) is 20.8. The molecule has 0 heterocycles. The quantitative estimate of drug-likeness (QED) is 0.708. The first-order valence-electron chi connectivity index (χ1n) is 11.1. The van der Waals surface area contributed by atoms with Crippen molar-refractivity contribution in [2.45, 2.75) is 70.8 Å². The standard InChI is InChI=1S/C23H35N3O2/c24-14-7-15-26(23(28)20-11-2-1-3-12-20)17-18-8-6-13-21(16-18)25-22(27)19-9-4-5-10-19/h6,8,13,16,19-20H,1-5,7,9-12,14-15,17,24H2,(H,25,27). The summed E-state index contributed by atoms with van der Waals surface area (Å²) in [5.41, 5.74) is 7.59. The number of amides is 2. The smallest absolute Gasteiger partial charge is 0.227 e. The highest BCUT2D eigenvalue weighted by atomic mass is 16.2. The monoisotopic (exact) mass is 385 g/mol. The number of hydrogen-bond acceptors (Lipinski definition) is 3. The van der Waals surface area contributed by atoms with Gasteiger partial charge in [0.2, 0.25) is 11.8 Å². The Balaban J connectivity index is 1.64. The fourth-order valence-corrected chi connectivity index (χ4v) is 4.56. The largest absolute Gasteiger partial charge is 0.338 e. The molecular weight excluding hydrogens is 350 g/mol. The number of carbonyl (C=O) groups is 2. The van der Waals surface area contributed by atoms with Crippen LogP contribution in [0.2, 0.25) is 0 Å². The number of rotatable bonds is 8. The number of anilines is 1. The van der Waals surface area contributed by atoms with E-state index in [1.54, 1.807) is 0 Å². The van der Waals surface area contributed by atoms with Gasteiger partial charge in [0.15, 0.2) is 0 Å². The zero-order valence-corrected chi connectivity index (χ0v) is 17.0. The van der Waals surface area contributed by atoms with E-state index in [4.69, 9.17) is 5.73 Å². The van der Waals surface area contributed by atoms with E-state index >= 15 is 0 Å². The van der Waals surface area contributed by atoms with Crippen LogP contribution in [0.1, 0.15) is 69.8 Å². The van der Waals surface area contributed by atoms with Crippen molar-refractivity contribution in [2.24, 2.45) is 17.6 Å². The number of carbonyl (C=O) groups excluding carboxylic acids is 2. The molecule has 0 unspecified atom stereocenters. The van der Waals surface area contributed by atoms with Crippen LogP contribution in [-0.4, -0.2) is 29.8 Å². The molecular formula is C23H35N3O2. The highest BCUT2D eigenvalue weighted by molar-refractivity contribution is 5.92. The van der Waals surface area contributed by atoms with E-state index in [0.717, 1.165) is 69.0 Å². The van der Waals surface area contributed by atoms with Gasteiger partial charge in [0.25, 0.3) is 0 Å². The van der Waals surface area contributed by atoms with E-state index in [1.807, 2.05) is 29.2 Å². The Hall–Kier alpha value is -1.88. The minimum atomic E-state index is 0.132. The molecule has 3 rings (SSSR count). The first-order valence-corrected chi connectivity index (χ1v) is 11.1. The molecule has 0 aromatic heterocycles. The van der Waals surface area contributed by atoms with E-state index in [9.17, 15) is 9.59 Å². The second-order valence-electron chi connectivity index (χ2n) is 8.41. The normalized spacial score (nSPS) is 18.2. The molecule has 3 N–H and O–H groups in total. The van der Waals surface area contributed by atoms with Crippen molar-refractivity contribution in [3.8, 4) is 0 Å². The van der Waals surface area contributed by atoms with Crippen LogP contribution in [0.5, 0.6) is 0 Å². The van der Waals surface area contributed by atoms with Gasteiger partial charge in [0.05, 0.1) is 0 Å². The van der Waals surface area contributed by atoms with Gasteiger partial charge in [-0.15, -0.1) is 0 Å². The summed E-state index contributed by atoms with van der Waals surface area (Å²) in [6.45, 7) is 1.87. The van der Waals surface area contributed by atoms with E-state index in [0.29, 0.717) is 19.6 Å². The lowest BCUT2D eigenvalue weighted by Gasteiger charge is -2.29. The van der Waals surface area contributed by atoms with Gasteiger partial charge in [-0.25, -0.2) is 0 Å². The Kier molecular flexibility index (Phi) is 7.90. The predicted octanol–water partition coefficient (Wildman–Crippen LogP) is 4.07. The lowest BCUT2D eigenvalue weighted by atomic mass is 9.88. The minimum absolute atomic E-state index is 0.132. The maximum absolute atomic E-state index is 13.1. The number of benzene rings is 1. The van der Waals surface area contributed by atoms with Crippen molar-refractivity contribution in [1.29, 1.82) is 0 Å². The summed E-state index contributed by atoms with van der Waals surface area (Å²) in [5.74, 6) is 0.718. The van der Waals surface area contributed by atoms with Gasteiger partial charge in [0.1, 0.15) is 0 Å². The molecule has 5 heteroatoms. The van der Waals surface area contributed by atoms with Crippen molar-refractivity contribution in [1.82, 2.24) is 4.90 Å². The number of nitrogens with zero attached hydrogens (tertiary/aromatic N) is 1. The molecule has 2 aliphatic rings. The van der Waals surface area contributed by atoms with Crippen LogP contribution < -0.4 is 11.1 Å². The number of hydrogen-bond donors (Lipinski definition) is 2. The van der Waals surface area contributed by atoms with E-state index in [1.165, 1.54) is 6.42 Å². The molecule has 0 spiro atoms. The van der Waals surface area contributed by atoms with E-state index < -0.39 is 0 Å². The molecule has 0 atom stereocenters. The Labute approximate surface area is 169 Å². The third kappa shape index (κ3) is 5.81. The molecule has 2 fully saturated rings. The summed E-state index contributed by atoms with van der Waals surface area (Å²) < 4.78 is 0. The van der Waals surface area contributed by atoms with Crippen LogP contribution in [0.3, 0.4) is 0 Å². The predicted molar refractivity (Wildman–Crippen MR) is 113 cm³/mol. The van der Waals surface area contributed by atoms with Gasteiger partial charge in [-0.05, 0) is 56.3 Å². The molecule has 5 nitrogen and oxygen atoms in total. The van der Waals surface area contributed by atoms with Crippen molar-refractivity contribution in [3.63, 3.8) is 0 Å². The van der Waals surface area contributed by atoms with Crippen LogP contribution >= 0.6 is 0 Å². The van der Waals surface area contributed by atoms with Crippen molar-refractivity contribution in [2.75, 3.05) is 18.4 Å². The summed E-state index contributed by atoms with van der Waals surface area (Å²) in [5, 5.41) is 3.07. The summed E-state index contributed by atoms with van der Waals surface area (Å²) >= 11 is 0. The molecule has 0 bridgehead atoms. The van der Waals surface area contributed by atoms with Crippen molar-refractivity contribution in [3.05, 3.63) is 29.8 Å². The van der Waals surface area contributed by atoms with Crippen LogP contribution in [0.15, 0.2) is 24.3 Å². The van der Waals surface area contributed by atoms with Gasteiger partial charge >= 0.3 is 0 Å². The molecule has 2 aliphatic carbocycles. The van der Waals surface area contributed by atoms with E-state index in [2.05, 4.69) is 5.32 Å². The molecule has 1 aromatic carbocycles. The maximum atomic E-state index is 13.1. The van der Waals surface area contributed by atoms with Gasteiger partial charge in [-0.2, -0.15) is 0 Å². The number of nitrogens with one attached hydrogen (secondary N) is 1. The second kappa shape index (κ2) is 10.6. The average molecular weight is 386 g/mol. The van der Waals surface area contributed by atoms with Gasteiger partial charge in [-0.3, -0.25) is 9.59 Å². The molecule has 2 amide bonds. The van der Waals surface area contributed by atoms with Crippen molar-refractivity contribution >= 4 is 17.5 Å². The summed E-state index contributed by atoms with van der Waals surface area (Å²) in [6, 6.07) is 7.95. The Morgan fingerprint density at radius 3 is 2.39 bits per heavy atom. The molecule has 0 radical (unpaired) electrons. The van der Waals surface area contributed by atoms with Gasteiger partial charge < -0.3 is 16.0 Å². The summed E-state index contributed by atoms with van der Waals surface area (Å²) in [4.78, 5) is 27.4. The molecule has 28 heavy (non-hydrogen) atoms. The minimum Gasteiger partial charge on any atom is -0.338 e. The topological polar surface area (TPSA) is 75.4 Å². The maximum Gasteiger partial charge on any atom is 0.227 e. The highest BCUT2D eigenvalue weighted by Gasteiger charge is 2.26. The van der Waals surface area contributed by atoms with Crippen LogP contribution in [0, 0.1) is 11.8 Å². The molecule has 0 saturated heterocycles. The van der Waals surface area contributed by atoms with Gasteiger partial charge in [-0.1, -0.05) is 44.2 Å². The summed E-state index contributed by atoms with van der Waals surface area (Å²) in [7, 11) is 0. The highest BCUT2D eigenvalue weighted by Crippen LogP contribution is 2.27. The van der Waals surface area contributed by atoms with Crippen molar-refractivity contribution < 1.29 is 9.59 Å². The third-order valence-corrected chi connectivity index (χ3v) is 6.19. The Morgan fingerprint density at radius 2 is 1.68 bits per heavy atom. The van der Waals surface area contributed by atoms with Crippen LogP contribution in [0.25, 0.3) is 0 Å². The second-order valence-corrected chi connectivity index (χ2v) is 8.41. The fraction of sp³-hybridized carbons (Fsp3) is 0.652. The number of nitrogens with two attached hydrogens (primary N) is 1. The molecule has 1 aromatic rings. The Bertz CT molecular complexity index is 649. The molecule has 154 valence electrons. The van der Waals surface area contributed by atoms with Gasteiger partial charge in [0, 0.05) is 30.6 Å². The Morgan fingerprint density at radius 1 is 1.00 bits per heavy atom. The zero-order chi connectivity index (χ0) is 19.8. The lowest BCUT2D eigenvalue weighted by Crippen LogP contribution is -2.38. The SMILES string of the molecule is NCCCN(Cc1cccc(NC(=O)C2CCCC2)c1)C(=O)C1CCCCC1. The molecule has 2 saturated carbocycles. The lowest BCUT2D eigenvalue weighted by molar-refractivity contribution is -0.137. The van der Waals surface area contributed by atoms with E-state index in [-0.39, 0.29) is 23.7 Å². The zero-order valence-electron chi connectivity index (χ0n) is 17.0. The average Bonchev–Trinajstić information content (AvgIpc) is 3.26. The van der Waals surface area contributed by atoms with Crippen LogP contribution in [-0.2, 0) is 16.1 Å². The summed E-state index contributed by atoms with van der Waals surface area (Å²) in [6.07, 6.45) is 10.7. The fourth-order valence-electron chi connectivity index (χ4n) is 4.56. The van der Waals surface area contributed by atoms with Crippen LogP contribution in [0.4, 0.5) is 5.69 Å². The third-order valence-electron chi connectivity index (χ3n) is 6.19. The first-order chi connectivity index (χ1) is 13.7.